The lowest BCUT2D eigenvalue weighted by Gasteiger charge is -2.35. The van der Waals surface area contributed by atoms with Crippen molar-refractivity contribution in [3.05, 3.63) is 59.7 Å². The molecule has 2 aliphatic heterocycles. The second kappa shape index (κ2) is 6.79. The standard InChI is InChI=1S/C21H25N3O/c1-23-20(22-19-9-5-4-8-18(19)21(23)25)16-10-12-17(13-11-16)24-14-6-2-3-7-15-24/h4-5,8-13,20,22H,2-3,6-7,14-15H2,1H3. The molecule has 1 atom stereocenters. The fourth-order valence-electron chi connectivity index (χ4n) is 3.85. The minimum absolute atomic E-state index is 0.0657. The maximum atomic E-state index is 12.6. The molecule has 1 fully saturated rings. The van der Waals surface area contributed by atoms with Gasteiger partial charge in [-0.1, -0.05) is 37.1 Å². The molecule has 1 unspecified atom stereocenters. The Kier molecular flexibility index (Phi) is 4.35. The third-order valence-corrected chi connectivity index (χ3v) is 5.34. The van der Waals surface area contributed by atoms with E-state index in [-0.39, 0.29) is 12.1 Å². The first kappa shape index (κ1) is 16.0. The van der Waals surface area contributed by atoms with Crippen LogP contribution in [0.5, 0.6) is 0 Å². The van der Waals surface area contributed by atoms with E-state index in [4.69, 9.17) is 0 Å². The largest absolute Gasteiger partial charge is 0.372 e. The highest BCUT2D eigenvalue weighted by atomic mass is 16.2. The Labute approximate surface area is 149 Å². The lowest BCUT2D eigenvalue weighted by Crippen LogP contribution is -2.40. The van der Waals surface area contributed by atoms with Gasteiger partial charge in [0.1, 0.15) is 6.17 Å². The first-order valence-corrected chi connectivity index (χ1v) is 9.22. The summed E-state index contributed by atoms with van der Waals surface area (Å²) in [7, 11) is 1.86. The lowest BCUT2D eigenvalue weighted by atomic mass is 10.0. The molecule has 1 N–H and O–H groups in total. The zero-order chi connectivity index (χ0) is 17.2. The third-order valence-electron chi connectivity index (χ3n) is 5.34. The summed E-state index contributed by atoms with van der Waals surface area (Å²) < 4.78 is 0. The Morgan fingerprint density at radius 1 is 0.920 bits per heavy atom. The van der Waals surface area contributed by atoms with Gasteiger partial charge in [0.2, 0.25) is 0 Å². The van der Waals surface area contributed by atoms with E-state index in [2.05, 4.69) is 34.5 Å². The Hall–Kier alpha value is -2.49. The molecule has 2 heterocycles. The number of nitrogens with zero attached hydrogens (tertiary/aromatic N) is 2. The van der Waals surface area contributed by atoms with Gasteiger partial charge in [0.05, 0.1) is 5.56 Å². The second-order valence-electron chi connectivity index (χ2n) is 7.00. The van der Waals surface area contributed by atoms with E-state index in [1.165, 1.54) is 31.4 Å². The third kappa shape index (κ3) is 3.09. The van der Waals surface area contributed by atoms with Crippen LogP contribution in [0, 0.1) is 0 Å². The molecule has 4 rings (SSSR count). The molecule has 0 aromatic heterocycles. The van der Waals surface area contributed by atoms with Crippen LogP contribution in [0.15, 0.2) is 48.5 Å². The average Bonchev–Trinajstić information content (AvgIpc) is 2.94. The number of hydrogen-bond donors (Lipinski definition) is 1. The molecule has 25 heavy (non-hydrogen) atoms. The Balaban J connectivity index is 1.57. The van der Waals surface area contributed by atoms with Crippen LogP contribution in [0.3, 0.4) is 0 Å². The van der Waals surface area contributed by atoms with Gasteiger partial charge in [0, 0.05) is 31.5 Å². The summed E-state index contributed by atoms with van der Waals surface area (Å²) in [6, 6.07) is 16.4. The molecule has 0 radical (unpaired) electrons. The maximum absolute atomic E-state index is 12.6. The fourth-order valence-corrected chi connectivity index (χ4v) is 3.85. The molecule has 4 heteroatoms. The maximum Gasteiger partial charge on any atom is 0.257 e. The van der Waals surface area contributed by atoms with Crippen molar-refractivity contribution in [2.75, 3.05) is 30.4 Å². The molecular formula is C21H25N3O. The number of amides is 1. The van der Waals surface area contributed by atoms with Crippen molar-refractivity contribution in [2.24, 2.45) is 0 Å². The molecule has 0 bridgehead atoms. The number of carbonyl (C=O) groups is 1. The fraction of sp³-hybridized carbons (Fsp3) is 0.381. The van der Waals surface area contributed by atoms with E-state index in [1.807, 2.05) is 31.3 Å². The van der Waals surface area contributed by atoms with Crippen LogP contribution in [-0.4, -0.2) is 30.9 Å². The lowest BCUT2D eigenvalue weighted by molar-refractivity contribution is 0.0735. The molecule has 2 aromatic rings. The second-order valence-corrected chi connectivity index (χ2v) is 7.00. The molecule has 0 saturated carbocycles. The van der Waals surface area contributed by atoms with Gasteiger partial charge in [-0.3, -0.25) is 4.79 Å². The van der Waals surface area contributed by atoms with Crippen LogP contribution < -0.4 is 10.2 Å². The molecule has 2 aliphatic rings. The summed E-state index contributed by atoms with van der Waals surface area (Å²) in [5.74, 6) is 0.0657. The van der Waals surface area contributed by atoms with E-state index in [0.717, 1.165) is 29.9 Å². The molecule has 130 valence electrons. The van der Waals surface area contributed by atoms with Gasteiger partial charge < -0.3 is 15.1 Å². The van der Waals surface area contributed by atoms with Crippen molar-refractivity contribution < 1.29 is 4.79 Å². The van der Waals surface area contributed by atoms with Crippen molar-refractivity contribution in [1.29, 1.82) is 0 Å². The number of hydrogen-bond acceptors (Lipinski definition) is 3. The SMILES string of the molecule is CN1C(=O)c2ccccc2NC1c1ccc(N2CCCCCC2)cc1. The summed E-state index contributed by atoms with van der Waals surface area (Å²) >= 11 is 0. The van der Waals surface area contributed by atoms with Crippen molar-refractivity contribution in [3.8, 4) is 0 Å². The number of rotatable bonds is 2. The molecule has 1 saturated heterocycles. The topological polar surface area (TPSA) is 35.6 Å². The van der Waals surface area contributed by atoms with E-state index in [1.54, 1.807) is 4.90 Å². The quantitative estimate of drug-likeness (QED) is 0.890. The van der Waals surface area contributed by atoms with Gasteiger partial charge in [-0.25, -0.2) is 0 Å². The molecule has 2 aromatic carbocycles. The highest BCUT2D eigenvalue weighted by molar-refractivity contribution is 6.01. The Morgan fingerprint density at radius 2 is 1.60 bits per heavy atom. The van der Waals surface area contributed by atoms with E-state index >= 15 is 0 Å². The molecule has 1 amide bonds. The summed E-state index contributed by atoms with van der Waals surface area (Å²) in [5.41, 5.74) is 4.05. The zero-order valence-corrected chi connectivity index (χ0v) is 14.7. The van der Waals surface area contributed by atoms with Crippen molar-refractivity contribution in [3.63, 3.8) is 0 Å². The summed E-state index contributed by atoms with van der Waals surface area (Å²) in [5, 5.41) is 3.49. The van der Waals surface area contributed by atoms with E-state index < -0.39 is 0 Å². The number of nitrogens with one attached hydrogen (secondary N) is 1. The van der Waals surface area contributed by atoms with Crippen LogP contribution in [0.4, 0.5) is 11.4 Å². The number of carbonyl (C=O) groups excluding carboxylic acids is 1. The smallest absolute Gasteiger partial charge is 0.257 e. The number of benzene rings is 2. The van der Waals surface area contributed by atoms with Gasteiger partial charge in [-0.15, -0.1) is 0 Å². The van der Waals surface area contributed by atoms with Crippen LogP contribution >= 0.6 is 0 Å². The molecular weight excluding hydrogens is 310 g/mol. The van der Waals surface area contributed by atoms with Gasteiger partial charge >= 0.3 is 0 Å². The van der Waals surface area contributed by atoms with Gasteiger partial charge in [0.15, 0.2) is 0 Å². The van der Waals surface area contributed by atoms with Crippen LogP contribution in [0.25, 0.3) is 0 Å². The normalized spacial score (nSPS) is 20.7. The van der Waals surface area contributed by atoms with Gasteiger partial charge in [0.25, 0.3) is 5.91 Å². The minimum Gasteiger partial charge on any atom is -0.372 e. The average molecular weight is 335 g/mol. The van der Waals surface area contributed by atoms with Crippen molar-refractivity contribution in [1.82, 2.24) is 4.90 Å². The number of para-hydroxylation sites is 1. The van der Waals surface area contributed by atoms with Gasteiger partial charge in [-0.05, 0) is 42.7 Å². The summed E-state index contributed by atoms with van der Waals surface area (Å²) in [6.45, 7) is 2.29. The van der Waals surface area contributed by atoms with Crippen molar-refractivity contribution >= 4 is 17.3 Å². The Morgan fingerprint density at radius 3 is 2.32 bits per heavy atom. The van der Waals surface area contributed by atoms with E-state index in [0.29, 0.717) is 0 Å². The number of fused-ring (bicyclic) bond motifs is 1. The predicted octanol–water partition coefficient (Wildman–Crippen LogP) is 4.26. The first-order chi connectivity index (χ1) is 12.2. The highest BCUT2D eigenvalue weighted by Crippen LogP contribution is 2.32. The summed E-state index contributed by atoms with van der Waals surface area (Å²) in [4.78, 5) is 16.9. The van der Waals surface area contributed by atoms with Gasteiger partial charge in [-0.2, -0.15) is 0 Å². The molecule has 4 nitrogen and oxygen atoms in total. The van der Waals surface area contributed by atoms with Crippen LogP contribution in [0.2, 0.25) is 0 Å². The minimum atomic E-state index is -0.124. The monoisotopic (exact) mass is 335 g/mol. The molecule has 0 aliphatic carbocycles. The van der Waals surface area contributed by atoms with Crippen molar-refractivity contribution in [2.45, 2.75) is 31.8 Å². The Bertz CT molecular complexity index is 748. The molecule has 0 spiro atoms. The summed E-state index contributed by atoms with van der Waals surface area (Å²) in [6.07, 6.45) is 5.11. The van der Waals surface area contributed by atoms with Crippen LogP contribution in [-0.2, 0) is 0 Å². The number of anilines is 2. The van der Waals surface area contributed by atoms with E-state index in [9.17, 15) is 4.79 Å². The highest BCUT2D eigenvalue weighted by Gasteiger charge is 2.29. The zero-order valence-electron chi connectivity index (χ0n) is 14.7. The first-order valence-electron chi connectivity index (χ1n) is 9.22. The van der Waals surface area contributed by atoms with Crippen LogP contribution in [0.1, 0.15) is 47.8 Å². The predicted molar refractivity (Wildman–Crippen MR) is 102 cm³/mol.